The molecule has 9 heteroatoms. The Bertz CT molecular complexity index is 1680. The van der Waals surface area contributed by atoms with Gasteiger partial charge in [-0.05, 0) is 67.8 Å². The number of halogens is 1. The van der Waals surface area contributed by atoms with Crippen LogP contribution in [0.5, 0.6) is 0 Å². The number of fused-ring (bicyclic) bond motifs is 3. The standard InChI is InChI=1S/C23H16ClN3O4S/c1-11-6-17-19(7-12(11)2)26-22(28)21(32-23(26)25-17)9-14-4-5-20(31-14)15-10-16(24)13(3)8-18(15)27(29)30/h4-10H,1-3H3/b21-9+. The van der Waals surface area contributed by atoms with Crippen molar-refractivity contribution in [3.8, 4) is 11.3 Å². The van der Waals surface area contributed by atoms with Crippen LogP contribution < -0.4 is 10.1 Å². The van der Waals surface area contributed by atoms with E-state index in [4.69, 9.17) is 16.0 Å². The third kappa shape index (κ3) is 3.19. The average molecular weight is 466 g/mol. The van der Waals surface area contributed by atoms with E-state index in [0.717, 1.165) is 22.2 Å². The lowest BCUT2D eigenvalue weighted by Crippen LogP contribution is -2.22. The molecule has 0 spiro atoms. The van der Waals surface area contributed by atoms with Crippen molar-refractivity contribution < 1.29 is 9.34 Å². The highest BCUT2D eigenvalue weighted by Crippen LogP contribution is 2.35. The smallest absolute Gasteiger partial charge is 0.280 e. The average Bonchev–Trinajstić information content (AvgIpc) is 3.41. The summed E-state index contributed by atoms with van der Waals surface area (Å²) in [7, 11) is 0. The van der Waals surface area contributed by atoms with Crippen molar-refractivity contribution in [3.05, 3.63) is 88.9 Å². The fourth-order valence-corrected chi connectivity index (χ4v) is 4.77. The SMILES string of the molecule is Cc1cc2nc3s/c(=C/c4ccc(-c5cc(Cl)c(C)cc5[N+](=O)[O-])o4)c(=O)n3c2cc1C. The van der Waals surface area contributed by atoms with Gasteiger partial charge in [-0.1, -0.05) is 22.9 Å². The highest BCUT2D eigenvalue weighted by atomic mass is 35.5. The molecule has 0 amide bonds. The predicted molar refractivity (Wildman–Crippen MR) is 126 cm³/mol. The molecule has 0 unspecified atom stereocenters. The minimum atomic E-state index is -0.469. The summed E-state index contributed by atoms with van der Waals surface area (Å²) in [6.45, 7) is 5.72. The van der Waals surface area contributed by atoms with Crippen LogP contribution >= 0.6 is 22.9 Å². The molecular formula is C23H16ClN3O4S. The van der Waals surface area contributed by atoms with Crippen molar-refractivity contribution in [1.29, 1.82) is 0 Å². The normalized spacial score (nSPS) is 12.3. The maximum Gasteiger partial charge on any atom is 0.280 e. The molecule has 0 saturated heterocycles. The van der Waals surface area contributed by atoms with E-state index < -0.39 is 4.92 Å². The van der Waals surface area contributed by atoms with Gasteiger partial charge in [0.05, 0.1) is 21.5 Å². The molecule has 0 radical (unpaired) electrons. The first-order chi connectivity index (χ1) is 15.2. The zero-order chi connectivity index (χ0) is 22.7. The third-order valence-corrected chi connectivity index (χ3v) is 6.87. The van der Waals surface area contributed by atoms with E-state index in [1.807, 2.05) is 26.0 Å². The quantitative estimate of drug-likeness (QED) is 0.269. The number of furan rings is 1. The van der Waals surface area contributed by atoms with Crippen LogP contribution in [0.3, 0.4) is 0 Å². The number of thiazole rings is 1. The number of nitrogens with zero attached hydrogens (tertiary/aromatic N) is 3. The largest absolute Gasteiger partial charge is 0.456 e. The molecule has 0 aliphatic heterocycles. The van der Waals surface area contributed by atoms with Crippen molar-refractivity contribution in [2.24, 2.45) is 0 Å². The van der Waals surface area contributed by atoms with E-state index in [1.54, 1.807) is 29.5 Å². The summed E-state index contributed by atoms with van der Waals surface area (Å²) in [5, 5.41) is 11.9. The maximum atomic E-state index is 13.1. The lowest BCUT2D eigenvalue weighted by atomic mass is 10.1. The Morgan fingerprint density at radius 3 is 2.62 bits per heavy atom. The number of imidazole rings is 1. The van der Waals surface area contributed by atoms with E-state index >= 15 is 0 Å². The molecule has 0 bridgehead atoms. The molecule has 2 aromatic carbocycles. The molecule has 0 fully saturated rings. The molecule has 3 aromatic heterocycles. The van der Waals surface area contributed by atoms with Gasteiger partial charge in [0.2, 0.25) is 0 Å². The summed E-state index contributed by atoms with van der Waals surface area (Å²) in [6, 6.07) is 10.2. The van der Waals surface area contributed by atoms with Crippen LogP contribution in [0.4, 0.5) is 5.69 Å². The Hall–Kier alpha value is -3.49. The second-order valence-electron chi connectivity index (χ2n) is 7.65. The van der Waals surface area contributed by atoms with Gasteiger partial charge >= 0.3 is 0 Å². The van der Waals surface area contributed by atoms with Crippen molar-refractivity contribution in [3.63, 3.8) is 0 Å². The van der Waals surface area contributed by atoms with Crippen molar-refractivity contribution >= 4 is 50.7 Å². The second kappa shape index (κ2) is 7.29. The number of benzene rings is 2. The van der Waals surface area contributed by atoms with Crippen molar-refractivity contribution in [1.82, 2.24) is 9.38 Å². The summed E-state index contributed by atoms with van der Waals surface area (Å²) >= 11 is 7.45. The molecule has 3 heterocycles. The van der Waals surface area contributed by atoms with Crippen LogP contribution in [0, 0.1) is 30.9 Å². The first-order valence-electron chi connectivity index (χ1n) is 9.71. The fraction of sp³-hybridized carbons (Fsp3) is 0.130. The number of nitro benzene ring substituents is 1. The first-order valence-corrected chi connectivity index (χ1v) is 10.9. The van der Waals surface area contributed by atoms with Gasteiger partial charge in [0.1, 0.15) is 16.1 Å². The highest BCUT2D eigenvalue weighted by Gasteiger charge is 2.20. The Balaban J connectivity index is 1.63. The summed E-state index contributed by atoms with van der Waals surface area (Å²) in [5.41, 5.74) is 4.38. The number of rotatable bonds is 3. The number of nitro groups is 1. The Kier molecular flexibility index (Phi) is 4.65. The van der Waals surface area contributed by atoms with E-state index in [1.165, 1.54) is 23.5 Å². The molecule has 0 aliphatic rings. The van der Waals surface area contributed by atoms with Gasteiger partial charge in [-0.2, -0.15) is 0 Å². The molecule has 5 aromatic rings. The van der Waals surface area contributed by atoms with Gasteiger partial charge in [-0.25, -0.2) is 9.38 Å². The van der Waals surface area contributed by atoms with E-state index in [0.29, 0.717) is 31.6 Å². The molecule has 0 saturated carbocycles. The molecule has 160 valence electrons. The third-order valence-electron chi connectivity index (χ3n) is 5.49. The Morgan fingerprint density at radius 1 is 1.12 bits per heavy atom. The zero-order valence-electron chi connectivity index (χ0n) is 17.3. The van der Waals surface area contributed by atoms with Crippen LogP contribution in [0.1, 0.15) is 22.5 Å². The molecule has 0 N–H and O–H groups in total. The van der Waals surface area contributed by atoms with Crippen LogP contribution in [-0.4, -0.2) is 14.3 Å². The summed E-state index contributed by atoms with van der Waals surface area (Å²) < 4.78 is 7.90. The summed E-state index contributed by atoms with van der Waals surface area (Å²) in [5.74, 6) is 0.708. The van der Waals surface area contributed by atoms with Crippen LogP contribution in [0.25, 0.3) is 33.4 Å². The zero-order valence-corrected chi connectivity index (χ0v) is 18.9. The van der Waals surface area contributed by atoms with E-state index in [9.17, 15) is 14.9 Å². The van der Waals surface area contributed by atoms with Crippen LogP contribution in [0.2, 0.25) is 5.02 Å². The van der Waals surface area contributed by atoms with Crippen molar-refractivity contribution in [2.45, 2.75) is 20.8 Å². The molecule has 0 atom stereocenters. The highest BCUT2D eigenvalue weighted by molar-refractivity contribution is 7.15. The van der Waals surface area contributed by atoms with Gasteiger partial charge in [0.15, 0.2) is 4.96 Å². The molecule has 7 nitrogen and oxygen atoms in total. The Labute approximate surface area is 190 Å². The fourth-order valence-electron chi connectivity index (χ4n) is 3.64. The topological polar surface area (TPSA) is 90.7 Å². The lowest BCUT2D eigenvalue weighted by Gasteiger charge is -2.03. The van der Waals surface area contributed by atoms with Gasteiger partial charge in [0, 0.05) is 17.2 Å². The Morgan fingerprint density at radius 2 is 1.88 bits per heavy atom. The number of hydrogen-bond donors (Lipinski definition) is 0. The van der Waals surface area contributed by atoms with Gasteiger partial charge in [0.25, 0.3) is 11.2 Å². The maximum absolute atomic E-state index is 13.1. The van der Waals surface area contributed by atoms with Gasteiger partial charge in [-0.3, -0.25) is 14.9 Å². The van der Waals surface area contributed by atoms with Gasteiger partial charge in [-0.15, -0.1) is 0 Å². The monoisotopic (exact) mass is 465 g/mol. The first kappa shape index (κ1) is 20.4. The van der Waals surface area contributed by atoms with Crippen LogP contribution in [0.15, 0.2) is 45.6 Å². The molecule has 32 heavy (non-hydrogen) atoms. The predicted octanol–water partition coefficient (Wildman–Crippen LogP) is 5.20. The van der Waals surface area contributed by atoms with E-state index in [2.05, 4.69) is 4.98 Å². The molecule has 0 aliphatic carbocycles. The second-order valence-corrected chi connectivity index (χ2v) is 9.06. The van der Waals surface area contributed by atoms with Crippen LogP contribution in [-0.2, 0) is 0 Å². The molecule has 5 rings (SSSR count). The van der Waals surface area contributed by atoms with Gasteiger partial charge < -0.3 is 4.42 Å². The minimum absolute atomic E-state index is 0.0935. The lowest BCUT2D eigenvalue weighted by molar-refractivity contribution is -0.384. The number of hydrogen-bond acceptors (Lipinski definition) is 6. The summed E-state index contributed by atoms with van der Waals surface area (Å²) in [6.07, 6.45) is 1.62. The minimum Gasteiger partial charge on any atom is -0.456 e. The number of aromatic nitrogens is 2. The number of aryl methyl sites for hydroxylation is 3. The van der Waals surface area contributed by atoms with E-state index in [-0.39, 0.29) is 16.8 Å². The molecular weight excluding hydrogens is 450 g/mol. The van der Waals surface area contributed by atoms with Crippen molar-refractivity contribution in [2.75, 3.05) is 0 Å². The summed E-state index contributed by atoms with van der Waals surface area (Å²) in [4.78, 5) is 29.3.